The van der Waals surface area contributed by atoms with Crippen LogP contribution in [-0.4, -0.2) is 10.2 Å². The molecule has 2 aromatic rings. The highest BCUT2D eigenvalue weighted by molar-refractivity contribution is 6.30. The summed E-state index contributed by atoms with van der Waals surface area (Å²) in [6.45, 7) is 4.00. The first-order valence-corrected chi connectivity index (χ1v) is 6.32. The van der Waals surface area contributed by atoms with Gasteiger partial charge in [0.1, 0.15) is 17.4 Å². The largest absolute Gasteiger partial charge is 0.363 e. The number of hydrogen-bond donors (Lipinski definition) is 1. The first kappa shape index (κ1) is 14.2. The molecule has 6 heteroatoms. The van der Waals surface area contributed by atoms with Crippen LogP contribution in [0.1, 0.15) is 22.4 Å². The van der Waals surface area contributed by atoms with Gasteiger partial charge < -0.3 is 5.32 Å². The Labute approximate surface area is 121 Å². The summed E-state index contributed by atoms with van der Waals surface area (Å²) in [5.74, 6) is -0.0462. The first-order valence-electron chi connectivity index (χ1n) is 5.94. The number of anilines is 1. The van der Waals surface area contributed by atoms with E-state index in [0.717, 1.165) is 16.8 Å². The Hall–Kier alpha value is -2.19. The fourth-order valence-electron chi connectivity index (χ4n) is 1.70. The van der Waals surface area contributed by atoms with Crippen LogP contribution < -0.4 is 5.32 Å². The molecule has 2 rings (SSSR count). The van der Waals surface area contributed by atoms with Gasteiger partial charge in [-0.2, -0.15) is 10.4 Å². The Morgan fingerprint density at radius 1 is 1.35 bits per heavy atom. The monoisotopic (exact) mass is 290 g/mol. The van der Waals surface area contributed by atoms with Gasteiger partial charge in [-0.25, -0.2) is 4.39 Å². The smallest absolute Gasteiger partial charge is 0.167 e. The van der Waals surface area contributed by atoms with Crippen LogP contribution in [0.2, 0.25) is 5.02 Å². The predicted molar refractivity (Wildman–Crippen MR) is 75.0 cm³/mol. The molecule has 0 saturated carbocycles. The van der Waals surface area contributed by atoms with Crippen LogP contribution in [0.5, 0.6) is 0 Å². The molecule has 1 heterocycles. The van der Waals surface area contributed by atoms with Gasteiger partial charge in [-0.1, -0.05) is 17.7 Å². The molecule has 0 atom stereocenters. The van der Waals surface area contributed by atoms with Gasteiger partial charge in [-0.05, 0) is 37.1 Å². The molecule has 0 aliphatic heterocycles. The fourth-order valence-corrected chi connectivity index (χ4v) is 1.91. The molecule has 0 spiro atoms. The maximum absolute atomic E-state index is 13.1. The van der Waals surface area contributed by atoms with Gasteiger partial charge in [0.05, 0.1) is 10.7 Å². The van der Waals surface area contributed by atoms with Crippen molar-refractivity contribution in [2.45, 2.75) is 20.4 Å². The van der Waals surface area contributed by atoms with Crippen LogP contribution in [0, 0.1) is 31.0 Å². The van der Waals surface area contributed by atoms with Crippen LogP contribution in [-0.2, 0) is 6.54 Å². The Morgan fingerprint density at radius 3 is 2.75 bits per heavy atom. The average molecular weight is 291 g/mol. The average Bonchev–Trinajstić information content (AvgIpc) is 2.44. The summed E-state index contributed by atoms with van der Waals surface area (Å²) in [4.78, 5) is 0. The summed E-state index contributed by atoms with van der Waals surface area (Å²) in [6, 6.07) is 6.56. The number of hydrogen-bond acceptors (Lipinski definition) is 4. The number of halogens is 2. The second-order valence-corrected chi connectivity index (χ2v) is 4.76. The first-order chi connectivity index (χ1) is 9.52. The molecule has 0 aliphatic carbocycles. The van der Waals surface area contributed by atoms with Crippen LogP contribution in [0.15, 0.2) is 18.2 Å². The molecule has 0 aliphatic rings. The topological polar surface area (TPSA) is 61.6 Å². The second kappa shape index (κ2) is 5.85. The standard InChI is InChI=1S/C14H12ClFN4/c1-8-9(2)19-20-14(11(8)6-17)18-7-10-3-4-13(16)12(15)5-10/h3-5H,7H2,1-2H3,(H,18,20). The SMILES string of the molecule is Cc1nnc(NCc2ccc(F)c(Cl)c2)c(C#N)c1C. The normalized spacial score (nSPS) is 10.2. The van der Waals surface area contributed by atoms with Crippen LogP contribution in [0.4, 0.5) is 10.2 Å². The lowest BCUT2D eigenvalue weighted by molar-refractivity contribution is 0.627. The van der Waals surface area contributed by atoms with Crippen molar-refractivity contribution in [3.8, 4) is 6.07 Å². The minimum Gasteiger partial charge on any atom is -0.363 e. The molecule has 0 amide bonds. The molecule has 0 saturated heterocycles. The van der Waals surface area contributed by atoms with Gasteiger partial charge in [-0.3, -0.25) is 0 Å². The van der Waals surface area contributed by atoms with E-state index in [4.69, 9.17) is 11.6 Å². The Kier molecular flexibility index (Phi) is 4.16. The summed E-state index contributed by atoms with van der Waals surface area (Å²) in [7, 11) is 0. The van der Waals surface area contributed by atoms with Crippen molar-refractivity contribution < 1.29 is 4.39 Å². The molecule has 0 bridgehead atoms. The molecule has 0 fully saturated rings. The molecule has 1 N–H and O–H groups in total. The van der Waals surface area contributed by atoms with Crippen molar-refractivity contribution in [2.75, 3.05) is 5.32 Å². The lowest BCUT2D eigenvalue weighted by Gasteiger charge is -2.09. The fraction of sp³-hybridized carbons (Fsp3) is 0.214. The molecule has 4 nitrogen and oxygen atoms in total. The summed E-state index contributed by atoms with van der Waals surface area (Å²) >= 11 is 5.72. The van der Waals surface area contributed by atoms with Gasteiger partial charge in [-0.15, -0.1) is 5.10 Å². The van der Waals surface area contributed by atoms with Gasteiger partial charge in [0.15, 0.2) is 5.82 Å². The maximum Gasteiger partial charge on any atom is 0.167 e. The van der Waals surface area contributed by atoms with Gasteiger partial charge in [0, 0.05) is 6.54 Å². The van der Waals surface area contributed by atoms with Gasteiger partial charge >= 0.3 is 0 Å². The number of nitrogens with zero attached hydrogens (tertiary/aromatic N) is 3. The number of nitrogens with one attached hydrogen (secondary N) is 1. The van der Waals surface area contributed by atoms with Crippen molar-refractivity contribution in [2.24, 2.45) is 0 Å². The Balaban J connectivity index is 2.21. The zero-order valence-electron chi connectivity index (χ0n) is 11.0. The van der Waals surface area contributed by atoms with E-state index >= 15 is 0 Å². The van der Waals surface area contributed by atoms with E-state index in [1.807, 2.05) is 6.92 Å². The van der Waals surface area contributed by atoms with E-state index in [9.17, 15) is 9.65 Å². The number of aryl methyl sites for hydroxylation is 1. The zero-order chi connectivity index (χ0) is 14.7. The Bertz CT molecular complexity index is 694. The number of aromatic nitrogens is 2. The minimum atomic E-state index is -0.459. The molecule has 102 valence electrons. The maximum atomic E-state index is 13.1. The lowest BCUT2D eigenvalue weighted by Crippen LogP contribution is -2.07. The van der Waals surface area contributed by atoms with Gasteiger partial charge in [0.2, 0.25) is 0 Å². The quantitative estimate of drug-likeness (QED) is 0.941. The van der Waals surface area contributed by atoms with Crippen molar-refractivity contribution in [1.29, 1.82) is 5.26 Å². The third kappa shape index (κ3) is 2.86. The zero-order valence-corrected chi connectivity index (χ0v) is 11.8. The highest BCUT2D eigenvalue weighted by atomic mass is 35.5. The van der Waals surface area contributed by atoms with E-state index in [-0.39, 0.29) is 5.02 Å². The highest BCUT2D eigenvalue weighted by Gasteiger charge is 2.10. The van der Waals surface area contributed by atoms with E-state index < -0.39 is 5.82 Å². The van der Waals surface area contributed by atoms with Crippen LogP contribution >= 0.6 is 11.6 Å². The van der Waals surface area contributed by atoms with E-state index in [1.165, 1.54) is 12.1 Å². The van der Waals surface area contributed by atoms with Crippen molar-refractivity contribution in [1.82, 2.24) is 10.2 Å². The molecular formula is C14H12ClFN4. The molecule has 0 radical (unpaired) electrons. The predicted octanol–water partition coefficient (Wildman–Crippen LogP) is 3.37. The third-order valence-corrected chi connectivity index (χ3v) is 3.30. The minimum absolute atomic E-state index is 0.0657. The summed E-state index contributed by atoms with van der Waals surface area (Å²) in [6.07, 6.45) is 0. The summed E-state index contributed by atoms with van der Waals surface area (Å²) < 4.78 is 13.1. The van der Waals surface area contributed by atoms with Crippen molar-refractivity contribution >= 4 is 17.4 Å². The molecule has 0 unspecified atom stereocenters. The number of nitriles is 1. The van der Waals surface area contributed by atoms with E-state index in [2.05, 4.69) is 21.6 Å². The van der Waals surface area contributed by atoms with Gasteiger partial charge in [0.25, 0.3) is 0 Å². The molecule has 1 aromatic heterocycles. The summed E-state index contributed by atoms with van der Waals surface area (Å²) in [5, 5.41) is 20.2. The van der Waals surface area contributed by atoms with E-state index in [1.54, 1.807) is 13.0 Å². The molecular weight excluding hydrogens is 279 g/mol. The second-order valence-electron chi connectivity index (χ2n) is 4.35. The molecule has 20 heavy (non-hydrogen) atoms. The van der Waals surface area contributed by atoms with Crippen molar-refractivity contribution in [3.05, 3.63) is 51.4 Å². The highest BCUT2D eigenvalue weighted by Crippen LogP contribution is 2.19. The number of rotatable bonds is 3. The van der Waals surface area contributed by atoms with Crippen LogP contribution in [0.3, 0.4) is 0 Å². The Morgan fingerprint density at radius 2 is 2.10 bits per heavy atom. The lowest BCUT2D eigenvalue weighted by atomic mass is 10.1. The third-order valence-electron chi connectivity index (χ3n) is 3.01. The molecule has 1 aromatic carbocycles. The summed E-state index contributed by atoms with van der Waals surface area (Å²) in [5.41, 5.74) is 2.77. The van der Waals surface area contributed by atoms with Crippen molar-refractivity contribution in [3.63, 3.8) is 0 Å². The van der Waals surface area contributed by atoms with Crippen LogP contribution in [0.25, 0.3) is 0 Å². The van der Waals surface area contributed by atoms with E-state index in [0.29, 0.717) is 17.9 Å². The number of benzene rings is 1.